The van der Waals surface area contributed by atoms with Crippen LogP contribution in [0.4, 0.5) is 0 Å². The highest BCUT2D eigenvalue weighted by molar-refractivity contribution is 7.89. The van der Waals surface area contributed by atoms with E-state index in [1.807, 2.05) is 91.0 Å². The van der Waals surface area contributed by atoms with Gasteiger partial charge in [0, 0.05) is 13.1 Å². The Labute approximate surface area is 207 Å². The lowest BCUT2D eigenvalue weighted by Crippen LogP contribution is -2.50. The molecule has 35 heavy (non-hydrogen) atoms. The topological polar surface area (TPSA) is 63.7 Å². The van der Waals surface area contributed by atoms with Gasteiger partial charge in [-0.15, -0.1) is 0 Å². The number of carbonyl (C=O) groups is 1. The lowest BCUT2D eigenvalue weighted by atomic mass is 9.73. The summed E-state index contributed by atoms with van der Waals surface area (Å²) in [5.74, 6) is -0.280. The average Bonchev–Trinajstić information content (AvgIpc) is 3.06. The van der Waals surface area contributed by atoms with Gasteiger partial charge in [-0.25, -0.2) is 12.7 Å². The first-order valence-corrected chi connectivity index (χ1v) is 13.6. The number of sulfonamides is 1. The number of hydrogen-bond acceptors (Lipinski definition) is 4. The average molecular weight is 488 g/mol. The third-order valence-electron chi connectivity index (χ3n) is 7.23. The molecular weight excluding hydrogens is 458 g/mol. The Bertz CT molecular complexity index is 1310. The minimum absolute atomic E-state index is 0.254. The minimum atomic E-state index is -3.76. The van der Waals surface area contributed by atoms with E-state index in [0.717, 1.165) is 27.8 Å². The fraction of sp³-hybridized carbons (Fsp3) is 0.276. The first kappa shape index (κ1) is 23.5. The van der Waals surface area contributed by atoms with Gasteiger partial charge in [-0.1, -0.05) is 91.0 Å². The summed E-state index contributed by atoms with van der Waals surface area (Å²) in [5.41, 5.74) is 3.39. The Hall–Kier alpha value is -3.22. The molecule has 0 bridgehead atoms. The second-order valence-corrected chi connectivity index (χ2v) is 11.1. The Balaban J connectivity index is 1.52. The molecule has 1 heterocycles. The lowest BCUT2D eigenvalue weighted by Gasteiger charge is -2.41. The van der Waals surface area contributed by atoms with Crippen molar-refractivity contribution in [1.29, 1.82) is 0 Å². The minimum Gasteiger partial charge on any atom is -0.465 e. The number of ether oxygens (including phenoxy) is 1. The van der Waals surface area contributed by atoms with Crippen LogP contribution in [-0.2, 0) is 25.0 Å². The maximum absolute atomic E-state index is 14.2. The number of fused-ring (bicyclic) bond motifs is 2. The Morgan fingerprint density at radius 1 is 0.857 bits per heavy atom. The van der Waals surface area contributed by atoms with Gasteiger partial charge in [-0.2, -0.15) is 0 Å². The van der Waals surface area contributed by atoms with E-state index in [0.29, 0.717) is 12.8 Å². The summed E-state index contributed by atoms with van der Waals surface area (Å²) in [7, 11) is -3.76. The van der Waals surface area contributed by atoms with Gasteiger partial charge in [0.15, 0.2) is 0 Å². The molecule has 0 saturated carbocycles. The Kier molecular flexibility index (Phi) is 6.34. The molecule has 1 aliphatic heterocycles. The van der Waals surface area contributed by atoms with Gasteiger partial charge in [0.2, 0.25) is 10.0 Å². The van der Waals surface area contributed by atoms with E-state index < -0.39 is 20.7 Å². The van der Waals surface area contributed by atoms with Crippen LogP contribution >= 0.6 is 0 Å². The van der Waals surface area contributed by atoms with Crippen LogP contribution in [0.3, 0.4) is 0 Å². The summed E-state index contributed by atoms with van der Waals surface area (Å²) in [6.07, 6.45) is 4.73. The molecule has 6 heteroatoms. The standard InChI is InChI=1S/C29H29NO4S/c1-2-34-28(31)29(24-12-4-3-5-13-24)18-20-30(21-19-29)35(32,33)27-25-14-8-6-10-22(25)16-17-23-11-7-9-15-26(23)27/h3-17,27H,2,18-21H2,1H3. The molecule has 3 aromatic rings. The molecule has 0 unspecified atom stereocenters. The molecule has 0 amide bonds. The molecule has 0 radical (unpaired) electrons. The molecular formula is C29H29NO4S. The highest BCUT2D eigenvalue weighted by Crippen LogP contribution is 2.43. The third kappa shape index (κ3) is 4.11. The smallest absolute Gasteiger partial charge is 0.316 e. The van der Waals surface area contributed by atoms with Crippen molar-refractivity contribution in [3.63, 3.8) is 0 Å². The van der Waals surface area contributed by atoms with Gasteiger partial charge < -0.3 is 4.74 Å². The number of esters is 1. The summed E-state index contributed by atoms with van der Waals surface area (Å²) < 4.78 is 35.5. The monoisotopic (exact) mass is 487 g/mol. The zero-order valence-corrected chi connectivity index (χ0v) is 20.6. The second kappa shape index (κ2) is 9.44. The normalized spacial score (nSPS) is 17.7. The van der Waals surface area contributed by atoms with Gasteiger partial charge in [-0.05, 0) is 47.6 Å². The van der Waals surface area contributed by atoms with E-state index in [9.17, 15) is 13.2 Å². The van der Waals surface area contributed by atoms with Crippen LogP contribution < -0.4 is 0 Å². The number of rotatable bonds is 5. The van der Waals surface area contributed by atoms with Crippen LogP contribution in [0.2, 0.25) is 0 Å². The number of carbonyl (C=O) groups excluding carboxylic acids is 1. The lowest BCUT2D eigenvalue weighted by molar-refractivity contribution is -0.152. The van der Waals surface area contributed by atoms with Crippen molar-refractivity contribution in [2.45, 2.75) is 30.4 Å². The largest absolute Gasteiger partial charge is 0.465 e. The quantitative estimate of drug-likeness (QED) is 0.465. The summed E-state index contributed by atoms with van der Waals surface area (Å²) in [4.78, 5) is 13.2. The van der Waals surface area contributed by atoms with Crippen molar-refractivity contribution in [3.8, 4) is 0 Å². The fourth-order valence-electron chi connectivity index (χ4n) is 5.38. The molecule has 1 fully saturated rings. The highest BCUT2D eigenvalue weighted by Gasteiger charge is 2.48. The fourth-order valence-corrected chi connectivity index (χ4v) is 7.44. The molecule has 5 nitrogen and oxygen atoms in total. The molecule has 1 aliphatic carbocycles. The summed E-state index contributed by atoms with van der Waals surface area (Å²) in [6.45, 7) is 2.60. The summed E-state index contributed by atoms with van der Waals surface area (Å²) in [6, 6.07) is 25.0. The highest BCUT2D eigenvalue weighted by atomic mass is 32.2. The van der Waals surface area contributed by atoms with Crippen molar-refractivity contribution >= 4 is 28.1 Å². The maximum Gasteiger partial charge on any atom is 0.316 e. The van der Waals surface area contributed by atoms with Crippen LogP contribution in [0.1, 0.15) is 52.8 Å². The zero-order valence-electron chi connectivity index (χ0n) is 19.8. The van der Waals surface area contributed by atoms with Crippen molar-refractivity contribution in [1.82, 2.24) is 4.31 Å². The first-order valence-electron chi connectivity index (χ1n) is 12.0. The number of benzene rings is 3. The van der Waals surface area contributed by atoms with E-state index in [1.54, 1.807) is 11.2 Å². The second-order valence-electron chi connectivity index (χ2n) is 9.08. The van der Waals surface area contributed by atoms with Crippen molar-refractivity contribution < 1.29 is 17.9 Å². The summed E-state index contributed by atoms with van der Waals surface area (Å²) >= 11 is 0. The van der Waals surface area contributed by atoms with Crippen molar-refractivity contribution in [2.24, 2.45) is 0 Å². The molecule has 1 saturated heterocycles. The van der Waals surface area contributed by atoms with Crippen LogP contribution in [0.5, 0.6) is 0 Å². The number of hydrogen-bond donors (Lipinski definition) is 0. The predicted octanol–water partition coefficient (Wildman–Crippen LogP) is 5.19. The van der Waals surface area contributed by atoms with Gasteiger partial charge in [0.1, 0.15) is 5.25 Å². The third-order valence-corrected chi connectivity index (χ3v) is 9.41. The molecule has 0 N–H and O–H groups in total. The van der Waals surface area contributed by atoms with E-state index in [-0.39, 0.29) is 25.7 Å². The zero-order chi connectivity index (χ0) is 24.5. The maximum atomic E-state index is 14.2. The molecule has 5 rings (SSSR count). The first-order chi connectivity index (χ1) is 17.0. The molecule has 3 aromatic carbocycles. The van der Waals surface area contributed by atoms with Crippen molar-refractivity contribution in [2.75, 3.05) is 19.7 Å². The molecule has 2 aliphatic rings. The van der Waals surface area contributed by atoms with Crippen LogP contribution in [0.25, 0.3) is 12.2 Å². The van der Waals surface area contributed by atoms with Crippen LogP contribution in [-0.4, -0.2) is 38.4 Å². The van der Waals surface area contributed by atoms with E-state index in [2.05, 4.69) is 0 Å². The number of piperidine rings is 1. The van der Waals surface area contributed by atoms with E-state index in [4.69, 9.17) is 4.74 Å². The van der Waals surface area contributed by atoms with Gasteiger partial charge in [-0.3, -0.25) is 4.79 Å². The van der Waals surface area contributed by atoms with Gasteiger partial charge in [0.05, 0.1) is 12.0 Å². The summed E-state index contributed by atoms with van der Waals surface area (Å²) in [5, 5.41) is -0.809. The molecule has 0 atom stereocenters. The molecule has 0 spiro atoms. The molecule has 0 aromatic heterocycles. The van der Waals surface area contributed by atoms with E-state index in [1.165, 1.54) is 0 Å². The van der Waals surface area contributed by atoms with Gasteiger partial charge >= 0.3 is 5.97 Å². The predicted molar refractivity (Wildman–Crippen MR) is 138 cm³/mol. The van der Waals surface area contributed by atoms with Gasteiger partial charge in [0.25, 0.3) is 0 Å². The van der Waals surface area contributed by atoms with Crippen molar-refractivity contribution in [3.05, 3.63) is 107 Å². The molecule has 180 valence electrons. The van der Waals surface area contributed by atoms with E-state index >= 15 is 0 Å². The SMILES string of the molecule is CCOC(=O)C1(c2ccccc2)CCN(S(=O)(=O)C2c3ccccc3C=Cc3ccccc32)CC1. The van der Waals surface area contributed by atoms with Crippen LogP contribution in [0, 0.1) is 0 Å². The Morgan fingerprint density at radius 3 is 1.91 bits per heavy atom. The van der Waals surface area contributed by atoms with Crippen LogP contribution in [0.15, 0.2) is 78.9 Å². The Morgan fingerprint density at radius 2 is 1.37 bits per heavy atom. The number of nitrogens with zero attached hydrogens (tertiary/aromatic N) is 1.